The molecule has 0 heterocycles. The third-order valence-corrected chi connectivity index (χ3v) is 21.8. The molecule has 6 atom stereocenters. The maximum Gasteiger partial charge on any atom is 0.310 e. The van der Waals surface area contributed by atoms with Gasteiger partial charge in [-0.05, 0) is 190 Å². The number of carbonyl (C=O) groups excluding carboxylic acids is 6. The van der Waals surface area contributed by atoms with Crippen molar-refractivity contribution in [2.75, 3.05) is 0 Å². The van der Waals surface area contributed by atoms with Crippen molar-refractivity contribution in [3.8, 4) is 0 Å². The van der Waals surface area contributed by atoms with E-state index in [1.54, 1.807) is 0 Å². The number of ketones is 3. The highest BCUT2D eigenvalue weighted by Gasteiger charge is 2.89. The van der Waals surface area contributed by atoms with Crippen LogP contribution in [-0.4, -0.2) is 85.7 Å². The van der Waals surface area contributed by atoms with Gasteiger partial charge < -0.3 is 29.5 Å². The summed E-state index contributed by atoms with van der Waals surface area (Å²) in [6.07, 6.45) is 16.0. The maximum absolute atomic E-state index is 17.5. The van der Waals surface area contributed by atoms with E-state index < -0.39 is 106 Å². The number of carbonyl (C=O) groups is 6. The van der Waals surface area contributed by atoms with Gasteiger partial charge in [-0.2, -0.15) is 0 Å². The molecule has 0 saturated heterocycles. The van der Waals surface area contributed by atoms with Crippen molar-refractivity contribution in [3.63, 3.8) is 0 Å². The molecule has 7 rings (SSSR count). The summed E-state index contributed by atoms with van der Waals surface area (Å²) >= 11 is 0. The van der Waals surface area contributed by atoms with Crippen molar-refractivity contribution in [1.29, 1.82) is 0 Å². The fourth-order valence-corrected chi connectivity index (χ4v) is 17.2. The Kier molecular flexibility index (Phi) is 23.4. The number of esters is 3. The minimum atomic E-state index is -3.42. The summed E-state index contributed by atoms with van der Waals surface area (Å²) in [5.74, 6) is -8.84. The fourth-order valence-electron chi connectivity index (χ4n) is 17.2. The molecule has 0 aromatic carbocycles. The molecule has 0 radical (unpaired) electrons. The first kappa shape index (κ1) is 62.9. The van der Waals surface area contributed by atoms with Crippen LogP contribution in [0.3, 0.4) is 0 Å². The smallest absolute Gasteiger partial charge is 0.310 e. The van der Waals surface area contributed by atoms with E-state index in [2.05, 4.69) is 41.5 Å². The largest absolute Gasteiger partial charge is 0.443 e. The summed E-state index contributed by atoms with van der Waals surface area (Å²) in [4.78, 5) is 99.0. The molecular formula is C66H108O12. The van der Waals surface area contributed by atoms with E-state index >= 15 is 28.8 Å². The number of hydrogen-bond donors (Lipinski definition) is 3. The molecule has 0 aliphatic heterocycles. The molecule has 78 heavy (non-hydrogen) atoms. The normalized spacial score (nSPS) is 39.6. The van der Waals surface area contributed by atoms with Crippen LogP contribution < -0.4 is 0 Å². The lowest BCUT2D eigenvalue weighted by molar-refractivity contribution is -0.329. The standard InChI is InChI=1S/C66H108O12/c1-7-13-43-19-31-49(32-20-43)56(68)64(76-61(73)52-37-25-46(16-10-4)26-38-52)59(71)55(67)60(72)65(57(69)50-33-21-44(14-8-2)22-34-50,77-62(74)53-39-27-47(17-11-5)28-40-53)66(64,58(70)51-35-23-45(15-9-3)24-36-51)78-63(75)54-41-29-48(18-12-6)30-42-54/h43-55,59-60,67,71-72H,7-42H2,1-6H3/t43-,44-,45-,46-,47-,48-,49-,50-,51-,52-,53-,54-,55-,59-,60+,64+,65-,66-. The second-order valence-electron chi connectivity index (χ2n) is 26.9. The molecule has 7 aliphatic carbocycles. The van der Waals surface area contributed by atoms with Gasteiger partial charge >= 0.3 is 17.9 Å². The number of ether oxygens (including phenoxy) is 3. The quantitative estimate of drug-likeness (QED) is 0.0613. The molecule has 444 valence electrons. The molecule has 0 bridgehead atoms. The molecule has 7 fully saturated rings. The number of aliphatic hydroxyl groups is 3. The Morgan fingerprint density at radius 1 is 0.308 bits per heavy atom. The molecule has 7 saturated carbocycles. The van der Waals surface area contributed by atoms with E-state index in [-0.39, 0.29) is 18.8 Å². The molecule has 0 unspecified atom stereocenters. The summed E-state index contributed by atoms with van der Waals surface area (Å²) in [5.41, 5.74) is -10.0. The van der Waals surface area contributed by atoms with E-state index in [1.165, 1.54) is 0 Å². The highest BCUT2D eigenvalue weighted by Crippen LogP contribution is 2.59. The van der Waals surface area contributed by atoms with Gasteiger partial charge in [0.15, 0.2) is 17.3 Å². The summed E-state index contributed by atoms with van der Waals surface area (Å²) in [5, 5.41) is 40.1. The minimum Gasteiger partial charge on any atom is -0.443 e. The van der Waals surface area contributed by atoms with Crippen LogP contribution in [0, 0.1) is 71.0 Å². The Hall–Kier alpha value is -2.70. The molecular weight excluding hydrogens is 985 g/mol. The van der Waals surface area contributed by atoms with Gasteiger partial charge in [0, 0.05) is 17.8 Å². The predicted molar refractivity (Wildman–Crippen MR) is 302 cm³/mol. The van der Waals surface area contributed by atoms with Gasteiger partial charge in [0.05, 0.1) is 17.8 Å². The van der Waals surface area contributed by atoms with E-state index in [0.29, 0.717) is 171 Å². The zero-order chi connectivity index (χ0) is 56.2. The fraction of sp³-hybridized carbons (Fsp3) is 0.909. The van der Waals surface area contributed by atoms with Gasteiger partial charge in [0.2, 0.25) is 11.2 Å². The number of rotatable bonds is 24. The van der Waals surface area contributed by atoms with Crippen molar-refractivity contribution in [2.45, 2.75) is 308 Å². The number of hydrogen-bond acceptors (Lipinski definition) is 12. The van der Waals surface area contributed by atoms with E-state index in [4.69, 9.17) is 14.2 Å². The van der Waals surface area contributed by atoms with Gasteiger partial charge in [-0.25, -0.2) is 0 Å². The van der Waals surface area contributed by atoms with Gasteiger partial charge in [0.25, 0.3) is 5.60 Å². The summed E-state index contributed by atoms with van der Waals surface area (Å²) < 4.78 is 21.3. The van der Waals surface area contributed by atoms with Crippen molar-refractivity contribution in [3.05, 3.63) is 0 Å². The predicted octanol–water partition coefficient (Wildman–Crippen LogP) is 13.3. The van der Waals surface area contributed by atoms with E-state index in [9.17, 15) is 15.3 Å². The van der Waals surface area contributed by atoms with Crippen LogP contribution in [0.2, 0.25) is 0 Å². The highest BCUT2D eigenvalue weighted by atomic mass is 16.7. The molecule has 12 nitrogen and oxygen atoms in total. The maximum atomic E-state index is 17.5. The SMILES string of the molecule is CCC[C@H]1CC[C@H](C(=O)O[C@@]2(C(=O)[C@H]3CC[C@H](CCC)CC3)[C@@](OC(=O)[C@H]3CC[C@H](CCC)CC3)(C(=O)[C@H]3CC[C@H](CCC)CC3)[C@@H](O)[C@H](O)[C@@H](O)[C@@]2(OC(=O)[C@H]2CC[C@H](CCC)CC2)C(=O)[C@H]2CC[C@H](CCC)CC2)CC1. The lowest BCUT2D eigenvalue weighted by Gasteiger charge is -2.63. The Labute approximate surface area is 470 Å². The Bertz CT molecular complexity index is 1840. The van der Waals surface area contributed by atoms with Crippen LogP contribution in [0.4, 0.5) is 0 Å². The van der Waals surface area contributed by atoms with Crippen molar-refractivity contribution in [1.82, 2.24) is 0 Å². The van der Waals surface area contributed by atoms with Gasteiger partial charge in [-0.3, -0.25) is 28.8 Å². The second-order valence-corrected chi connectivity index (χ2v) is 26.9. The second kappa shape index (κ2) is 29.0. The Balaban J connectivity index is 1.53. The number of Topliss-reactive ketones (excluding diaryl/α,β-unsaturated/α-hetero) is 3. The van der Waals surface area contributed by atoms with Crippen LogP contribution in [0.15, 0.2) is 0 Å². The van der Waals surface area contributed by atoms with E-state index in [1.807, 2.05) is 0 Å². The Morgan fingerprint density at radius 2 is 0.513 bits per heavy atom. The zero-order valence-corrected chi connectivity index (χ0v) is 49.6. The zero-order valence-electron chi connectivity index (χ0n) is 49.6. The van der Waals surface area contributed by atoms with Crippen LogP contribution in [-0.2, 0) is 43.0 Å². The third kappa shape index (κ3) is 13.2. The van der Waals surface area contributed by atoms with Crippen LogP contribution in [0.25, 0.3) is 0 Å². The molecule has 0 amide bonds. The highest BCUT2D eigenvalue weighted by molar-refractivity contribution is 6.12. The van der Waals surface area contributed by atoms with Crippen LogP contribution in [0.1, 0.15) is 273 Å². The first-order valence-electron chi connectivity index (χ1n) is 32.9. The minimum absolute atomic E-state index is 0.267. The average Bonchev–Trinajstić information content (AvgIpc) is 2.07. The third-order valence-electron chi connectivity index (χ3n) is 21.8. The molecule has 3 N–H and O–H groups in total. The average molecular weight is 1090 g/mol. The molecule has 7 aliphatic rings. The first-order valence-corrected chi connectivity index (χ1v) is 32.9. The molecule has 12 heteroatoms. The summed E-state index contributed by atoms with van der Waals surface area (Å²) in [6.45, 7) is 12.8. The van der Waals surface area contributed by atoms with Crippen LogP contribution >= 0.6 is 0 Å². The summed E-state index contributed by atoms with van der Waals surface area (Å²) in [6, 6.07) is 0. The van der Waals surface area contributed by atoms with Crippen molar-refractivity contribution in [2.24, 2.45) is 71.0 Å². The lowest BCUT2D eigenvalue weighted by Crippen LogP contribution is -2.92. The van der Waals surface area contributed by atoms with Crippen molar-refractivity contribution >= 4 is 35.3 Å². The van der Waals surface area contributed by atoms with Gasteiger partial charge in [-0.1, -0.05) is 119 Å². The van der Waals surface area contributed by atoms with Crippen LogP contribution in [0.5, 0.6) is 0 Å². The molecule has 0 spiro atoms. The Morgan fingerprint density at radius 3 is 0.744 bits per heavy atom. The monoisotopic (exact) mass is 1090 g/mol. The van der Waals surface area contributed by atoms with Gasteiger partial charge in [0.1, 0.15) is 18.3 Å². The van der Waals surface area contributed by atoms with Crippen molar-refractivity contribution < 1.29 is 58.3 Å². The molecule has 0 aromatic heterocycles. The lowest BCUT2D eigenvalue weighted by atomic mass is 9.49. The summed E-state index contributed by atoms with van der Waals surface area (Å²) in [7, 11) is 0. The first-order chi connectivity index (χ1) is 37.6. The van der Waals surface area contributed by atoms with Gasteiger partial charge in [-0.15, -0.1) is 0 Å². The number of aliphatic hydroxyl groups excluding tert-OH is 3. The topological polar surface area (TPSA) is 191 Å². The van der Waals surface area contributed by atoms with E-state index in [0.717, 1.165) is 77.0 Å². The molecule has 0 aromatic rings.